The second-order valence-corrected chi connectivity index (χ2v) is 6.38. The van der Waals surface area contributed by atoms with Crippen LogP contribution < -0.4 is 10.1 Å². The summed E-state index contributed by atoms with van der Waals surface area (Å²) in [5.74, 6) is 0.373. The summed E-state index contributed by atoms with van der Waals surface area (Å²) >= 11 is 12.2. The van der Waals surface area contributed by atoms with Gasteiger partial charge in [-0.3, -0.25) is 0 Å². The summed E-state index contributed by atoms with van der Waals surface area (Å²) in [5, 5.41) is 4.46. The maximum absolute atomic E-state index is 12.9. The highest BCUT2D eigenvalue weighted by molar-refractivity contribution is 6.32. The van der Waals surface area contributed by atoms with E-state index in [2.05, 4.69) is 5.32 Å². The molecule has 0 heterocycles. The molecule has 0 radical (unpaired) electrons. The topological polar surface area (TPSA) is 21.3 Å². The molecule has 25 heavy (non-hydrogen) atoms. The third kappa shape index (κ3) is 5.12. The number of ether oxygens (including phenoxy) is 1. The Labute approximate surface area is 156 Å². The fraction of sp³-hybridized carbons (Fsp3) is 0.100. The second kappa shape index (κ2) is 8.24. The monoisotopic (exact) mass is 375 g/mol. The minimum atomic E-state index is -0.254. The van der Waals surface area contributed by atoms with E-state index in [1.54, 1.807) is 12.1 Å². The van der Waals surface area contributed by atoms with Gasteiger partial charge in [0.25, 0.3) is 0 Å². The molecule has 0 aromatic heterocycles. The average molecular weight is 376 g/mol. The standard InChI is InChI=1S/C20H16Cl2FNO/c21-16-4-1-14(2-5-16)13-25-20-10-3-15(11-19(20)22)12-24-18-8-6-17(23)7-9-18/h1-11,24H,12-13H2. The predicted molar refractivity (Wildman–Crippen MR) is 101 cm³/mol. The van der Waals surface area contributed by atoms with Crippen molar-refractivity contribution in [2.75, 3.05) is 5.32 Å². The number of benzene rings is 3. The number of rotatable bonds is 6. The molecule has 5 heteroatoms. The average Bonchev–Trinajstić information content (AvgIpc) is 2.62. The molecule has 0 atom stereocenters. The summed E-state index contributed by atoms with van der Waals surface area (Å²) in [6, 6.07) is 19.4. The molecule has 0 unspecified atom stereocenters. The Morgan fingerprint density at radius 3 is 2.20 bits per heavy atom. The Morgan fingerprint density at radius 1 is 0.840 bits per heavy atom. The van der Waals surface area contributed by atoms with E-state index in [1.807, 2.05) is 42.5 Å². The van der Waals surface area contributed by atoms with Gasteiger partial charge in [-0.1, -0.05) is 41.4 Å². The highest BCUT2D eigenvalue weighted by Crippen LogP contribution is 2.27. The first kappa shape index (κ1) is 17.6. The van der Waals surface area contributed by atoms with Gasteiger partial charge in [0.15, 0.2) is 0 Å². The molecule has 0 spiro atoms. The molecular weight excluding hydrogens is 360 g/mol. The summed E-state index contributed by atoms with van der Waals surface area (Å²) in [4.78, 5) is 0. The molecule has 3 aromatic rings. The maximum Gasteiger partial charge on any atom is 0.138 e. The zero-order valence-electron chi connectivity index (χ0n) is 13.3. The highest BCUT2D eigenvalue weighted by Gasteiger charge is 2.04. The van der Waals surface area contributed by atoms with Crippen LogP contribution in [0, 0.1) is 5.82 Å². The van der Waals surface area contributed by atoms with Crippen molar-refractivity contribution in [2.24, 2.45) is 0 Å². The van der Waals surface area contributed by atoms with Crippen molar-refractivity contribution in [1.29, 1.82) is 0 Å². The Balaban J connectivity index is 1.58. The molecule has 0 aliphatic heterocycles. The predicted octanol–water partition coefficient (Wildman–Crippen LogP) is 6.32. The summed E-state index contributed by atoms with van der Waals surface area (Å²) in [6.45, 7) is 1.01. The Hall–Kier alpha value is -2.23. The van der Waals surface area contributed by atoms with Gasteiger partial charge in [0.1, 0.15) is 18.2 Å². The van der Waals surface area contributed by atoms with E-state index in [0.29, 0.717) is 28.9 Å². The minimum absolute atomic E-state index is 0.254. The molecule has 0 amide bonds. The van der Waals surface area contributed by atoms with E-state index in [4.69, 9.17) is 27.9 Å². The van der Waals surface area contributed by atoms with Crippen molar-refractivity contribution in [3.05, 3.63) is 93.7 Å². The molecule has 128 valence electrons. The summed E-state index contributed by atoms with van der Waals surface area (Å²) in [7, 11) is 0. The van der Waals surface area contributed by atoms with Crippen molar-refractivity contribution < 1.29 is 9.13 Å². The van der Waals surface area contributed by atoms with E-state index < -0.39 is 0 Å². The molecule has 3 aromatic carbocycles. The van der Waals surface area contributed by atoms with Crippen LogP contribution in [0.4, 0.5) is 10.1 Å². The zero-order valence-corrected chi connectivity index (χ0v) is 14.8. The van der Waals surface area contributed by atoms with E-state index in [0.717, 1.165) is 16.8 Å². The number of nitrogens with one attached hydrogen (secondary N) is 1. The fourth-order valence-corrected chi connectivity index (χ4v) is 2.67. The maximum atomic E-state index is 12.9. The first-order chi connectivity index (χ1) is 12.1. The molecule has 0 saturated heterocycles. The first-order valence-electron chi connectivity index (χ1n) is 7.75. The van der Waals surface area contributed by atoms with Crippen LogP contribution in [-0.4, -0.2) is 0 Å². The lowest BCUT2D eigenvalue weighted by atomic mass is 10.2. The van der Waals surface area contributed by atoms with Crippen molar-refractivity contribution in [3.63, 3.8) is 0 Å². The van der Waals surface area contributed by atoms with Gasteiger partial charge in [-0.25, -0.2) is 4.39 Å². The third-order valence-electron chi connectivity index (χ3n) is 3.64. The van der Waals surface area contributed by atoms with Gasteiger partial charge in [-0.05, 0) is 59.7 Å². The van der Waals surface area contributed by atoms with Gasteiger partial charge < -0.3 is 10.1 Å². The van der Waals surface area contributed by atoms with Crippen molar-refractivity contribution >= 4 is 28.9 Å². The van der Waals surface area contributed by atoms with Crippen molar-refractivity contribution in [2.45, 2.75) is 13.2 Å². The molecule has 1 N–H and O–H groups in total. The summed E-state index contributed by atoms with van der Waals surface area (Å²) in [5.41, 5.74) is 2.87. The van der Waals surface area contributed by atoms with Crippen LogP contribution in [0.25, 0.3) is 0 Å². The zero-order chi connectivity index (χ0) is 17.6. The lowest BCUT2D eigenvalue weighted by Crippen LogP contribution is -2.00. The normalized spacial score (nSPS) is 10.5. The second-order valence-electron chi connectivity index (χ2n) is 5.54. The lowest BCUT2D eigenvalue weighted by molar-refractivity contribution is 0.306. The Kier molecular flexibility index (Phi) is 5.79. The molecule has 0 bridgehead atoms. The molecule has 3 rings (SSSR count). The minimum Gasteiger partial charge on any atom is -0.487 e. The molecule has 0 fully saturated rings. The number of halogens is 3. The third-order valence-corrected chi connectivity index (χ3v) is 4.19. The molecular formula is C20H16Cl2FNO. The van der Waals surface area contributed by atoms with Crippen LogP contribution in [0.3, 0.4) is 0 Å². The van der Waals surface area contributed by atoms with Gasteiger partial charge in [0, 0.05) is 17.3 Å². The number of anilines is 1. The van der Waals surface area contributed by atoms with Crippen molar-refractivity contribution in [3.8, 4) is 5.75 Å². The number of hydrogen-bond donors (Lipinski definition) is 1. The molecule has 0 aliphatic carbocycles. The van der Waals surface area contributed by atoms with Crippen LogP contribution in [-0.2, 0) is 13.2 Å². The van der Waals surface area contributed by atoms with Gasteiger partial charge >= 0.3 is 0 Å². The van der Waals surface area contributed by atoms with Gasteiger partial charge in [-0.2, -0.15) is 0 Å². The summed E-state index contributed by atoms with van der Waals surface area (Å²) < 4.78 is 18.7. The smallest absolute Gasteiger partial charge is 0.138 e. The Morgan fingerprint density at radius 2 is 1.52 bits per heavy atom. The van der Waals surface area contributed by atoms with Crippen LogP contribution in [0.1, 0.15) is 11.1 Å². The van der Waals surface area contributed by atoms with Crippen LogP contribution in [0.2, 0.25) is 10.0 Å². The van der Waals surface area contributed by atoms with Gasteiger partial charge in [-0.15, -0.1) is 0 Å². The molecule has 2 nitrogen and oxygen atoms in total. The highest BCUT2D eigenvalue weighted by atomic mass is 35.5. The largest absolute Gasteiger partial charge is 0.487 e. The quantitative estimate of drug-likeness (QED) is 0.543. The number of hydrogen-bond acceptors (Lipinski definition) is 2. The lowest BCUT2D eigenvalue weighted by Gasteiger charge is -2.11. The molecule has 0 aliphatic rings. The van der Waals surface area contributed by atoms with Crippen molar-refractivity contribution in [1.82, 2.24) is 0 Å². The summed E-state index contributed by atoms with van der Waals surface area (Å²) in [6.07, 6.45) is 0. The fourth-order valence-electron chi connectivity index (χ4n) is 2.28. The van der Waals surface area contributed by atoms with Crippen LogP contribution in [0.5, 0.6) is 5.75 Å². The van der Waals surface area contributed by atoms with Gasteiger partial charge in [0.05, 0.1) is 5.02 Å². The van der Waals surface area contributed by atoms with E-state index in [-0.39, 0.29) is 5.82 Å². The Bertz CT molecular complexity index is 835. The van der Waals surface area contributed by atoms with Crippen LogP contribution >= 0.6 is 23.2 Å². The molecule has 0 saturated carbocycles. The van der Waals surface area contributed by atoms with Gasteiger partial charge in [0.2, 0.25) is 0 Å². The van der Waals surface area contributed by atoms with E-state index >= 15 is 0 Å². The van der Waals surface area contributed by atoms with E-state index in [1.165, 1.54) is 12.1 Å². The van der Waals surface area contributed by atoms with E-state index in [9.17, 15) is 4.39 Å². The first-order valence-corrected chi connectivity index (χ1v) is 8.51. The SMILES string of the molecule is Fc1ccc(NCc2ccc(OCc3ccc(Cl)cc3)c(Cl)c2)cc1. The van der Waals surface area contributed by atoms with Crippen LogP contribution in [0.15, 0.2) is 66.7 Å².